The lowest BCUT2D eigenvalue weighted by molar-refractivity contribution is 0.0609. The molecule has 1 fully saturated rings. The zero-order valence-corrected chi connectivity index (χ0v) is 15.2. The molecule has 0 aromatic heterocycles. The number of ether oxygens (including phenoxy) is 1. The minimum atomic E-state index is 0.400. The smallest absolute Gasteiger partial charge is 0.0589 e. The van der Waals surface area contributed by atoms with Crippen LogP contribution in [-0.2, 0) is 4.74 Å². The van der Waals surface area contributed by atoms with Crippen molar-refractivity contribution >= 4 is 0 Å². The van der Waals surface area contributed by atoms with Gasteiger partial charge in [-0.05, 0) is 44.1 Å². The highest BCUT2D eigenvalue weighted by atomic mass is 16.5. The lowest BCUT2D eigenvalue weighted by atomic mass is 9.85. The van der Waals surface area contributed by atoms with Crippen molar-refractivity contribution in [3.63, 3.8) is 0 Å². The summed E-state index contributed by atoms with van der Waals surface area (Å²) in [6, 6.07) is 1.95. The zero-order valence-electron chi connectivity index (χ0n) is 15.2. The van der Waals surface area contributed by atoms with E-state index in [1.807, 2.05) is 7.11 Å². The summed E-state index contributed by atoms with van der Waals surface area (Å²) >= 11 is 0. The van der Waals surface area contributed by atoms with Crippen molar-refractivity contribution in [1.82, 2.24) is 10.2 Å². The molecular formula is C18H38N2O. The van der Waals surface area contributed by atoms with Crippen LogP contribution in [0.1, 0.15) is 66.7 Å². The number of hydrogen-bond donors (Lipinski definition) is 1. The highest BCUT2D eigenvalue weighted by Gasteiger charge is 2.44. The van der Waals surface area contributed by atoms with Crippen molar-refractivity contribution in [1.29, 1.82) is 0 Å². The minimum absolute atomic E-state index is 0.400. The van der Waals surface area contributed by atoms with E-state index in [1.54, 1.807) is 0 Å². The Bertz CT molecular complexity index is 276. The first-order valence-electron chi connectivity index (χ1n) is 8.99. The van der Waals surface area contributed by atoms with Crippen molar-refractivity contribution in [3.8, 4) is 0 Å². The molecule has 0 aromatic rings. The molecule has 1 rings (SSSR count). The number of methoxy groups -OCH3 is 1. The topological polar surface area (TPSA) is 24.5 Å². The molecule has 2 atom stereocenters. The third-order valence-corrected chi connectivity index (χ3v) is 5.32. The molecule has 0 bridgehead atoms. The maximum atomic E-state index is 5.38. The quantitative estimate of drug-likeness (QED) is 0.666. The van der Waals surface area contributed by atoms with Crippen LogP contribution >= 0.6 is 0 Å². The maximum Gasteiger partial charge on any atom is 0.0589 e. The molecular weight excluding hydrogens is 260 g/mol. The van der Waals surface area contributed by atoms with Gasteiger partial charge in [-0.25, -0.2) is 0 Å². The zero-order chi connectivity index (χ0) is 15.9. The van der Waals surface area contributed by atoms with Crippen LogP contribution in [0, 0.1) is 5.41 Å². The number of nitrogens with one attached hydrogen (secondary N) is 1. The normalized spacial score (nSPS) is 25.1. The van der Waals surface area contributed by atoms with E-state index < -0.39 is 0 Å². The molecule has 0 radical (unpaired) electrons. The molecule has 3 heteroatoms. The lowest BCUT2D eigenvalue weighted by Gasteiger charge is -2.41. The number of rotatable bonds is 10. The van der Waals surface area contributed by atoms with E-state index in [4.69, 9.17) is 4.74 Å². The van der Waals surface area contributed by atoms with Crippen molar-refractivity contribution in [2.75, 3.05) is 26.8 Å². The maximum absolute atomic E-state index is 5.38. The van der Waals surface area contributed by atoms with Crippen LogP contribution < -0.4 is 5.32 Å². The van der Waals surface area contributed by atoms with Crippen LogP contribution in [0.2, 0.25) is 0 Å². The van der Waals surface area contributed by atoms with Crippen LogP contribution in [0.15, 0.2) is 0 Å². The Morgan fingerprint density at radius 3 is 2.43 bits per heavy atom. The van der Waals surface area contributed by atoms with Crippen LogP contribution in [0.25, 0.3) is 0 Å². The molecule has 0 amide bonds. The molecule has 0 saturated heterocycles. The van der Waals surface area contributed by atoms with Crippen LogP contribution in [0.4, 0.5) is 0 Å². The Hall–Kier alpha value is -0.120. The molecule has 0 heterocycles. The molecule has 1 aliphatic carbocycles. The highest BCUT2D eigenvalue weighted by molar-refractivity contribution is 5.02. The van der Waals surface area contributed by atoms with Crippen LogP contribution in [-0.4, -0.2) is 49.8 Å². The van der Waals surface area contributed by atoms with E-state index in [9.17, 15) is 0 Å². The fourth-order valence-electron chi connectivity index (χ4n) is 4.01. The van der Waals surface area contributed by atoms with Gasteiger partial charge in [0, 0.05) is 31.8 Å². The first-order valence-corrected chi connectivity index (χ1v) is 8.99. The Labute approximate surface area is 132 Å². The molecule has 1 N–H and O–H groups in total. The van der Waals surface area contributed by atoms with Crippen molar-refractivity contribution in [3.05, 3.63) is 0 Å². The first kappa shape index (κ1) is 18.9. The average Bonchev–Trinajstić information content (AvgIpc) is 2.76. The largest absolute Gasteiger partial charge is 0.383 e. The molecule has 0 aliphatic heterocycles. The van der Waals surface area contributed by atoms with E-state index in [0.29, 0.717) is 23.5 Å². The van der Waals surface area contributed by atoms with E-state index in [1.165, 1.54) is 32.1 Å². The van der Waals surface area contributed by atoms with Crippen molar-refractivity contribution in [2.24, 2.45) is 5.41 Å². The standard InChI is InChI=1S/C18H38N2O/c1-7-12-19-17-16(10-11-18(17,4)5)20(13-14-21-6)15(8-2)9-3/h15-17,19H,7-14H2,1-6H3. The Morgan fingerprint density at radius 1 is 1.24 bits per heavy atom. The second kappa shape index (κ2) is 9.12. The Balaban J connectivity index is 2.87. The van der Waals surface area contributed by atoms with Crippen LogP contribution in [0.5, 0.6) is 0 Å². The molecule has 2 unspecified atom stereocenters. The third kappa shape index (κ3) is 4.94. The molecule has 0 spiro atoms. The molecule has 126 valence electrons. The molecule has 3 nitrogen and oxygen atoms in total. The summed E-state index contributed by atoms with van der Waals surface area (Å²) in [6.45, 7) is 14.8. The molecule has 0 aromatic carbocycles. The highest BCUT2D eigenvalue weighted by Crippen LogP contribution is 2.40. The summed E-state index contributed by atoms with van der Waals surface area (Å²) in [5.41, 5.74) is 0.400. The monoisotopic (exact) mass is 298 g/mol. The fraction of sp³-hybridized carbons (Fsp3) is 1.00. The van der Waals surface area contributed by atoms with E-state index in [-0.39, 0.29) is 0 Å². The van der Waals surface area contributed by atoms with Gasteiger partial charge in [-0.3, -0.25) is 4.90 Å². The summed E-state index contributed by atoms with van der Waals surface area (Å²) in [4.78, 5) is 2.74. The second-order valence-electron chi connectivity index (χ2n) is 7.23. The number of nitrogens with zero attached hydrogens (tertiary/aromatic N) is 1. The van der Waals surface area contributed by atoms with E-state index >= 15 is 0 Å². The van der Waals surface area contributed by atoms with Gasteiger partial charge in [-0.15, -0.1) is 0 Å². The van der Waals surface area contributed by atoms with Gasteiger partial charge in [0.25, 0.3) is 0 Å². The van der Waals surface area contributed by atoms with Gasteiger partial charge < -0.3 is 10.1 Å². The van der Waals surface area contributed by atoms with Gasteiger partial charge in [0.15, 0.2) is 0 Å². The van der Waals surface area contributed by atoms with E-state index in [2.05, 4.69) is 44.8 Å². The number of hydrogen-bond acceptors (Lipinski definition) is 3. The van der Waals surface area contributed by atoms with Crippen LogP contribution in [0.3, 0.4) is 0 Å². The molecule has 1 aliphatic rings. The molecule has 1 saturated carbocycles. The Morgan fingerprint density at radius 2 is 1.90 bits per heavy atom. The van der Waals surface area contributed by atoms with Crippen molar-refractivity contribution < 1.29 is 4.74 Å². The van der Waals surface area contributed by atoms with Gasteiger partial charge in [0.1, 0.15) is 0 Å². The summed E-state index contributed by atoms with van der Waals surface area (Å²) in [5, 5.41) is 3.85. The Kier molecular flexibility index (Phi) is 8.22. The van der Waals surface area contributed by atoms with Crippen molar-refractivity contribution in [2.45, 2.75) is 84.8 Å². The lowest BCUT2D eigenvalue weighted by Crippen LogP contribution is -2.55. The third-order valence-electron chi connectivity index (χ3n) is 5.32. The minimum Gasteiger partial charge on any atom is -0.383 e. The first-order chi connectivity index (χ1) is 10.0. The fourth-order valence-corrected chi connectivity index (χ4v) is 4.01. The van der Waals surface area contributed by atoms with Gasteiger partial charge in [-0.1, -0.05) is 34.6 Å². The van der Waals surface area contributed by atoms with Gasteiger partial charge in [0.2, 0.25) is 0 Å². The predicted molar refractivity (Wildman–Crippen MR) is 91.8 cm³/mol. The summed E-state index contributed by atoms with van der Waals surface area (Å²) in [7, 11) is 1.82. The van der Waals surface area contributed by atoms with Gasteiger partial charge >= 0.3 is 0 Å². The van der Waals surface area contributed by atoms with Gasteiger partial charge in [0.05, 0.1) is 6.61 Å². The molecule has 21 heavy (non-hydrogen) atoms. The van der Waals surface area contributed by atoms with E-state index in [0.717, 1.165) is 19.7 Å². The second-order valence-corrected chi connectivity index (χ2v) is 7.23. The SMILES string of the molecule is CCCNC1C(N(CCOC)C(CC)CC)CCC1(C)C. The summed E-state index contributed by atoms with van der Waals surface area (Å²) in [6.07, 6.45) is 6.31. The summed E-state index contributed by atoms with van der Waals surface area (Å²) < 4.78 is 5.38. The average molecular weight is 299 g/mol. The van der Waals surface area contributed by atoms with Gasteiger partial charge in [-0.2, -0.15) is 0 Å². The summed E-state index contributed by atoms with van der Waals surface area (Å²) in [5.74, 6) is 0. The predicted octanol–water partition coefficient (Wildman–Crippen LogP) is 3.68.